The lowest BCUT2D eigenvalue weighted by Crippen LogP contribution is -2.32. The van der Waals surface area contributed by atoms with Crippen LogP contribution < -0.4 is 0 Å². The topological polar surface area (TPSA) is 27.1 Å². The van der Waals surface area contributed by atoms with Gasteiger partial charge in [0.05, 0.1) is 19.3 Å². The van der Waals surface area contributed by atoms with Gasteiger partial charge in [-0.1, -0.05) is 13.8 Å². The van der Waals surface area contributed by atoms with E-state index in [9.17, 15) is 13.2 Å². The second kappa shape index (κ2) is 3.76. The van der Waals surface area contributed by atoms with E-state index in [0.717, 1.165) is 6.07 Å². The number of ether oxygens (including phenoxy) is 1. The van der Waals surface area contributed by atoms with Gasteiger partial charge in [-0.25, -0.2) is 0 Å². The molecule has 0 N–H and O–H groups in total. The van der Waals surface area contributed by atoms with Crippen LogP contribution in [0, 0.1) is 0 Å². The molecule has 0 atom stereocenters. The Morgan fingerprint density at radius 2 is 2.06 bits per heavy atom. The maximum absolute atomic E-state index is 12.5. The first-order valence-electron chi connectivity index (χ1n) is 5.14. The summed E-state index contributed by atoms with van der Waals surface area (Å²) < 4.78 is 44.0. The van der Waals surface area contributed by atoms with E-state index in [-0.39, 0.29) is 12.0 Å². The van der Waals surface area contributed by atoms with Gasteiger partial charge in [-0.05, 0) is 12.0 Å². The molecule has 1 saturated heterocycles. The lowest BCUT2D eigenvalue weighted by Gasteiger charge is -2.28. The zero-order valence-electron chi connectivity index (χ0n) is 9.08. The van der Waals surface area contributed by atoms with Crippen molar-refractivity contribution in [2.24, 2.45) is 0 Å². The van der Waals surface area contributed by atoms with Crippen LogP contribution in [0.4, 0.5) is 13.2 Å². The van der Waals surface area contributed by atoms with Crippen molar-refractivity contribution in [1.82, 2.24) is 9.78 Å². The molecule has 16 heavy (non-hydrogen) atoms. The Balaban J connectivity index is 2.37. The molecule has 0 amide bonds. The number of alkyl halides is 3. The van der Waals surface area contributed by atoms with Crippen molar-refractivity contribution in [1.29, 1.82) is 0 Å². The molecule has 2 heterocycles. The molecule has 1 fully saturated rings. The molecule has 3 nitrogen and oxygen atoms in total. The zero-order chi connectivity index (χ0) is 11.9. The number of rotatable bonds is 2. The van der Waals surface area contributed by atoms with Crippen molar-refractivity contribution in [3.05, 3.63) is 17.5 Å². The molecule has 1 aliphatic rings. The monoisotopic (exact) mass is 234 g/mol. The van der Waals surface area contributed by atoms with Crippen LogP contribution in [0.5, 0.6) is 0 Å². The van der Waals surface area contributed by atoms with Crippen molar-refractivity contribution < 1.29 is 17.9 Å². The Morgan fingerprint density at radius 1 is 1.44 bits per heavy atom. The fourth-order valence-electron chi connectivity index (χ4n) is 1.64. The summed E-state index contributed by atoms with van der Waals surface area (Å²) in [6.07, 6.45) is -4.38. The summed E-state index contributed by atoms with van der Waals surface area (Å²) in [5, 5.41) is 3.64. The number of aromatic nitrogens is 2. The van der Waals surface area contributed by atoms with Crippen LogP contribution in [0.2, 0.25) is 0 Å². The first-order chi connectivity index (χ1) is 7.39. The van der Waals surface area contributed by atoms with Gasteiger partial charge >= 0.3 is 6.18 Å². The van der Waals surface area contributed by atoms with Crippen LogP contribution >= 0.6 is 0 Å². The van der Waals surface area contributed by atoms with E-state index >= 15 is 0 Å². The van der Waals surface area contributed by atoms with Gasteiger partial charge in [0.2, 0.25) is 0 Å². The third-order valence-corrected chi connectivity index (χ3v) is 2.61. The van der Waals surface area contributed by atoms with E-state index in [0.29, 0.717) is 18.9 Å². The van der Waals surface area contributed by atoms with Gasteiger partial charge in [0.1, 0.15) is 0 Å². The second-order valence-electron chi connectivity index (χ2n) is 4.24. The van der Waals surface area contributed by atoms with Gasteiger partial charge in [-0.3, -0.25) is 4.68 Å². The van der Waals surface area contributed by atoms with E-state index < -0.39 is 11.9 Å². The van der Waals surface area contributed by atoms with Crippen LogP contribution in [0.3, 0.4) is 0 Å². The third-order valence-electron chi connectivity index (χ3n) is 2.61. The van der Waals surface area contributed by atoms with Gasteiger partial charge in [0.25, 0.3) is 0 Å². The maximum Gasteiger partial charge on any atom is 0.435 e. The van der Waals surface area contributed by atoms with E-state index in [1.54, 1.807) is 0 Å². The summed E-state index contributed by atoms with van der Waals surface area (Å²) in [5.74, 6) is 0.0178. The summed E-state index contributed by atoms with van der Waals surface area (Å²) in [6, 6.07) is 1.08. The Morgan fingerprint density at radius 3 is 2.44 bits per heavy atom. The van der Waals surface area contributed by atoms with Gasteiger partial charge in [0.15, 0.2) is 5.69 Å². The molecule has 0 spiro atoms. The molecule has 1 aromatic rings. The minimum Gasteiger partial charge on any atom is -0.377 e. The number of hydrogen-bond donors (Lipinski definition) is 0. The highest BCUT2D eigenvalue weighted by Gasteiger charge is 2.37. The summed E-state index contributed by atoms with van der Waals surface area (Å²) in [5.41, 5.74) is -0.205. The standard InChI is InChI=1S/C10H13F3N2O/c1-6(2)8-3-9(10(11,12)13)14-15(8)7-4-16-5-7/h3,6-7H,4-5H2,1-2H3. The Labute approximate surface area is 91.2 Å². The Hall–Kier alpha value is -1.04. The van der Waals surface area contributed by atoms with Crippen LogP contribution in [-0.4, -0.2) is 23.0 Å². The fraction of sp³-hybridized carbons (Fsp3) is 0.700. The predicted octanol–water partition coefficient (Wildman–Crippen LogP) is 2.60. The summed E-state index contributed by atoms with van der Waals surface area (Å²) >= 11 is 0. The fourth-order valence-corrected chi connectivity index (χ4v) is 1.64. The smallest absolute Gasteiger partial charge is 0.377 e. The Bertz CT molecular complexity index is 380. The van der Waals surface area contributed by atoms with Gasteiger partial charge in [-0.15, -0.1) is 0 Å². The molecule has 0 radical (unpaired) electrons. The van der Waals surface area contributed by atoms with Gasteiger partial charge < -0.3 is 4.74 Å². The van der Waals surface area contributed by atoms with Crippen LogP contribution in [0.15, 0.2) is 6.07 Å². The zero-order valence-corrected chi connectivity index (χ0v) is 9.08. The lowest BCUT2D eigenvalue weighted by atomic mass is 10.1. The van der Waals surface area contributed by atoms with Crippen LogP contribution in [0.1, 0.15) is 37.2 Å². The third kappa shape index (κ3) is 1.93. The minimum atomic E-state index is -4.38. The number of hydrogen-bond acceptors (Lipinski definition) is 2. The molecule has 90 valence electrons. The van der Waals surface area contributed by atoms with Gasteiger partial charge in [0, 0.05) is 5.69 Å². The summed E-state index contributed by atoms with van der Waals surface area (Å²) in [7, 11) is 0. The minimum absolute atomic E-state index is 0.0178. The van der Waals surface area contributed by atoms with E-state index in [1.807, 2.05) is 13.8 Å². The normalized spacial score (nSPS) is 17.9. The molecule has 0 aromatic carbocycles. The molecule has 1 aliphatic heterocycles. The highest BCUT2D eigenvalue weighted by atomic mass is 19.4. The molecule has 0 bridgehead atoms. The quantitative estimate of drug-likeness (QED) is 0.786. The average Bonchev–Trinajstić information content (AvgIpc) is 2.44. The first kappa shape index (κ1) is 11.4. The van der Waals surface area contributed by atoms with E-state index in [1.165, 1.54) is 4.68 Å². The van der Waals surface area contributed by atoms with Gasteiger partial charge in [-0.2, -0.15) is 18.3 Å². The maximum atomic E-state index is 12.5. The molecule has 2 rings (SSSR count). The molecule has 6 heteroatoms. The first-order valence-corrected chi connectivity index (χ1v) is 5.14. The van der Waals surface area contributed by atoms with Crippen molar-refractivity contribution in [3.63, 3.8) is 0 Å². The number of nitrogens with zero attached hydrogens (tertiary/aromatic N) is 2. The average molecular weight is 234 g/mol. The highest BCUT2D eigenvalue weighted by Crippen LogP contribution is 2.32. The molecule has 0 saturated carbocycles. The molecule has 0 unspecified atom stereocenters. The summed E-state index contributed by atoms with van der Waals surface area (Å²) in [4.78, 5) is 0. The lowest BCUT2D eigenvalue weighted by molar-refractivity contribution is -0.142. The molecular weight excluding hydrogens is 221 g/mol. The SMILES string of the molecule is CC(C)c1cc(C(F)(F)F)nn1C1COC1. The number of halogens is 3. The predicted molar refractivity (Wildman–Crippen MR) is 51.2 cm³/mol. The summed E-state index contributed by atoms with van der Waals surface area (Å²) in [6.45, 7) is 4.60. The molecule has 1 aromatic heterocycles. The van der Waals surface area contributed by atoms with E-state index in [4.69, 9.17) is 4.74 Å². The molecule has 0 aliphatic carbocycles. The van der Waals surface area contributed by atoms with Crippen molar-refractivity contribution in [2.75, 3.05) is 13.2 Å². The van der Waals surface area contributed by atoms with E-state index in [2.05, 4.69) is 5.10 Å². The Kier molecular flexibility index (Phi) is 2.69. The molecular formula is C10H13F3N2O. The van der Waals surface area contributed by atoms with Crippen LogP contribution in [-0.2, 0) is 10.9 Å². The van der Waals surface area contributed by atoms with Crippen molar-refractivity contribution in [3.8, 4) is 0 Å². The largest absolute Gasteiger partial charge is 0.435 e. The van der Waals surface area contributed by atoms with Crippen molar-refractivity contribution in [2.45, 2.75) is 32.0 Å². The van der Waals surface area contributed by atoms with Crippen molar-refractivity contribution >= 4 is 0 Å². The second-order valence-corrected chi connectivity index (χ2v) is 4.24. The van der Waals surface area contributed by atoms with Crippen LogP contribution in [0.25, 0.3) is 0 Å². The highest BCUT2D eigenvalue weighted by molar-refractivity contribution is 5.17.